The Morgan fingerprint density at radius 1 is 1.30 bits per heavy atom. The summed E-state index contributed by atoms with van der Waals surface area (Å²) in [7, 11) is 1.52. The van der Waals surface area contributed by atoms with Crippen LogP contribution < -0.4 is 5.32 Å². The first kappa shape index (κ1) is 14.5. The minimum absolute atomic E-state index is 0.121. The molecule has 5 heteroatoms. The number of rotatable bonds is 3. The second-order valence-corrected chi connectivity index (χ2v) is 5.34. The molecule has 0 radical (unpaired) electrons. The Morgan fingerprint density at radius 2 is 1.90 bits per heavy atom. The zero-order chi connectivity index (χ0) is 14.9. The molecule has 2 rings (SSSR count). The topological polar surface area (TPSA) is 69.6 Å². The number of aryl methyl sites for hydroxylation is 2. The molecular weight excluding hydrogens is 256 g/mol. The summed E-state index contributed by atoms with van der Waals surface area (Å²) < 4.78 is 0. The van der Waals surface area contributed by atoms with Gasteiger partial charge in [0.25, 0.3) is 0 Å². The zero-order valence-corrected chi connectivity index (χ0v) is 12.1. The molecule has 1 unspecified atom stereocenters. The van der Waals surface area contributed by atoms with Gasteiger partial charge in [-0.15, -0.1) is 0 Å². The number of likely N-dealkylation sites (tertiary alicyclic amines) is 1. The Kier molecular flexibility index (Phi) is 4.09. The quantitative estimate of drug-likeness (QED) is 0.815. The van der Waals surface area contributed by atoms with Crippen molar-refractivity contribution in [2.75, 3.05) is 7.05 Å². The SMILES string of the molecule is Cc1cc(CNC2CCC(=O)N(C)C2=O)cc(C)c1O. The monoisotopic (exact) mass is 276 g/mol. The minimum Gasteiger partial charge on any atom is -0.507 e. The summed E-state index contributed by atoms with van der Waals surface area (Å²) in [6.07, 6.45) is 0.936. The predicted molar refractivity (Wildman–Crippen MR) is 75.2 cm³/mol. The molecular formula is C15H20N2O3. The van der Waals surface area contributed by atoms with Gasteiger partial charge in [0.05, 0.1) is 6.04 Å². The van der Waals surface area contributed by atoms with Crippen LogP contribution in [0.15, 0.2) is 12.1 Å². The highest BCUT2D eigenvalue weighted by molar-refractivity contribution is 6.00. The highest BCUT2D eigenvalue weighted by Gasteiger charge is 2.31. The fraction of sp³-hybridized carbons (Fsp3) is 0.467. The zero-order valence-electron chi connectivity index (χ0n) is 12.1. The number of phenols is 1. The lowest BCUT2D eigenvalue weighted by atomic mass is 10.0. The molecule has 0 bridgehead atoms. The minimum atomic E-state index is -0.313. The van der Waals surface area contributed by atoms with Crippen LogP contribution in [-0.2, 0) is 16.1 Å². The molecule has 0 aliphatic carbocycles. The summed E-state index contributed by atoms with van der Waals surface area (Å²) in [5, 5.41) is 12.9. The second kappa shape index (κ2) is 5.63. The van der Waals surface area contributed by atoms with Gasteiger partial charge in [0, 0.05) is 20.0 Å². The van der Waals surface area contributed by atoms with E-state index in [0.29, 0.717) is 25.1 Å². The van der Waals surface area contributed by atoms with E-state index in [9.17, 15) is 14.7 Å². The van der Waals surface area contributed by atoms with Crippen molar-refractivity contribution in [1.29, 1.82) is 0 Å². The number of aromatic hydroxyl groups is 1. The first-order valence-corrected chi connectivity index (χ1v) is 6.73. The van der Waals surface area contributed by atoms with Gasteiger partial charge in [0.1, 0.15) is 5.75 Å². The van der Waals surface area contributed by atoms with Crippen LogP contribution >= 0.6 is 0 Å². The summed E-state index contributed by atoms with van der Waals surface area (Å²) in [6.45, 7) is 4.24. The number of piperidine rings is 1. The summed E-state index contributed by atoms with van der Waals surface area (Å²) >= 11 is 0. The normalized spacial score (nSPS) is 19.6. The van der Waals surface area contributed by atoms with Crippen molar-refractivity contribution >= 4 is 11.8 Å². The van der Waals surface area contributed by atoms with Gasteiger partial charge in [-0.2, -0.15) is 0 Å². The van der Waals surface area contributed by atoms with E-state index in [0.717, 1.165) is 16.7 Å². The first-order valence-electron chi connectivity index (χ1n) is 6.73. The molecule has 1 aromatic rings. The van der Waals surface area contributed by atoms with Crippen LogP contribution in [0.25, 0.3) is 0 Å². The number of amides is 2. The van der Waals surface area contributed by atoms with Crippen LogP contribution in [0.5, 0.6) is 5.75 Å². The summed E-state index contributed by atoms with van der Waals surface area (Å²) in [5.41, 5.74) is 2.67. The largest absolute Gasteiger partial charge is 0.507 e. The maximum Gasteiger partial charge on any atom is 0.246 e. The number of nitrogens with one attached hydrogen (secondary N) is 1. The fourth-order valence-corrected chi connectivity index (χ4v) is 2.49. The predicted octanol–water partition coefficient (Wildman–Crippen LogP) is 1.25. The highest BCUT2D eigenvalue weighted by Crippen LogP contribution is 2.23. The van der Waals surface area contributed by atoms with Crippen molar-refractivity contribution in [3.63, 3.8) is 0 Å². The maximum atomic E-state index is 11.9. The molecule has 1 saturated heterocycles. The molecule has 2 amide bonds. The average molecular weight is 276 g/mol. The number of imide groups is 1. The van der Waals surface area contributed by atoms with Crippen molar-refractivity contribution in [3.05, 3.63) is 28.8 Å². The van der Waals surface area contributed by atoms with Gasteiger partial charge in [-0.3, -0.25) is 14.5 Å². The maximum absolute atomic E-state index is 11.9. The van der Waals surface area contributed by atoms with Gasteiger partial charge in [0.2, 0.25) is 11.8 Å². The number of carbonyl (C=O) groups excluding carboxylic acids is 2. The van der Waals surface area contributed by atoms with Crippen molar-refractivity contribution in [3.8, 4) is 5.75 Å². The van der Waals surface area contributed by atoms with E-state index in [-0.39, 0.29) is 17.9 Å². The molecule has 1 heterocycles. The number of likely N-dealkylation sites (N-methyl/N-ethyl adjacent to an activating group) is 1. The van der Waals surface area contributed by atoms with Gasteiger partial charge < -0.3 is 10.4 Å². The van der Waals surface area contributed by atoms with Crippen LogP contribution in [-0.4, -0.2) is 34.9 Å². The van der Waals surface area contributed by atoms with Crippen molar-refractivity contribution < 1.29 is 14.7 Å². The van der Waals surface area contributed by atoms with Crippen LogP contribution in [0.1, 0.15) is 29.5 Å². The van der Waals surface area contributed by atoms with Gasteiger partial charge in [-0.25, -0.2) is 0 Å². The number of hydrogen-bond acceptors (Lipinski definition) is 4. The summed E-state index contributed by atoms with van der Waals surface area (Å²) in [5.74, 6) is 0.0191. The lowest BCUT2D eigenvalue weighted by molar-refractivity contribution is -0.148. The molecule has 1 aliphatic rings. The third-order valence-corrected chi connectivity index (χ3v) is 3.75. The molecule has 20 heavy (non-hydrogen) atoms. The standard InChI is InChI=1S/C15H20N2O3/c1-9-6-11(7-10(2)14(9)19)8-16-12-4-5-13(18)17(3)15(12)20/h6-7,12,16,19H,4-5,8H2,1-3H3. The van der Waals surface area contributed by atoms with E-state index >= 15 is 0 Å². The Morgan fingerprint density at radius 3 is 2.50 bits per heavy atom. The Labute approximate surface area is 118 Å². The van der Waals surface area contributed by atoms with Crippen LogP contribution in [0.4, 0.5) is 0 Å². The lowest BCUT2D eigenvalue weighted by Gasteiger charge is -2.28. The number of carbonyl (C=O) groups is 2. The average Bonchev–Trinajstić information content (AvgIpc) is 2.41. The molecule has 108 valence electrons. The first-order chi connectivity index (χ1) is 9.40. The number of benzene rings is 1. The van der Waals surface area contributed by atoms with Crippen LogP contribution in [0.2, 0.25) is 0 Å². The Hall–Kier alpha value is -1.88. The number of nitrogens with zero attached hydrogens (tertiary/aromatic N) is 1. The van der Waals surface area contributed by atoms with E-state index in [1.54, 1.807) is 0 Å². The number of hydrogen-bond donors (Lipinski definition) is 2. The molecule has 0 saturated carbocycles. The Bertz CT molecular complexity index is 531. The molecule has 1 atom stereocenters. The van der Waals surface area contributed by atoms with Gasteiger partial charge in [-0.1, -0.05) is 12.1 Å². The van der Waals surface area contributed by atoms with Gasteiger partial charge >= 0.3 is 0 Å². The molecule has 0 aromatic heterocycles. The molecule has 5 nitrogen and oxygen atoms in total. The van der Waals surface area contributed by atoms with Crippen molar-refractivity contribution in [2.45, 2.75) is 39.3 Å². The van der Waals surface area contributed by atoms with Crippen LogP contribution in [0, 0.1) is 13.8 Å². The second-order valence-electron chi connectivity index (χ2n) is 5.34. The van der Waals surface area contributed by atoms with E-state index in [1.807, 2.05) is 26.0 Å². The van der Waals surface area contributed by atoms with E-state index < -0.39 is 0 Å². The van der Waals surface area contributed by atoms with E-state index in [4.69, 9.17) is 0 Å². The third kappa shape index (κ3) is 2.82. The molecule has 1 aliphatic heterocycles. The van der Waals surface area contributed by atoms with E-state index in [1.165, 1.54) is 11.9 Å². The van der Waals surface area contributed by atoms with Crippen molar-refractivity contribution in [1.82, 2.24) is 10.2 Å². The highest BCUT2D eigenvalue weighted by atomic mass is 16.3. The van der Waals surface area contributed by atoms with Gasteiger partial charge in [-0.05, 0) is 37.0 Å². The molecule has 1 aromatic carbocycles. The fourth-order valence-electron chi connectivity index (χ4n) is 2.49. The van der Waals surface area contributed by atoms with Gasteiger partial charge in [0.15, 0.2) is 0 Å². The summed E-state index contributed by atoms with van der Waals surface area (Å²) in [6, 6.07) is 3.49. The number of phenolic OH excluding ortho intramolecular Hbond substituents is 1. The third-order valence-electron chi connectivity index (χ3n) is 3.75. The molecule has 0 spiro atoms. The van der Waals surface area contributed by atoms with E-state index in [2.05, 4.69) is 5.32 Å². The van der Waals surface area contributed by atoms with Crippen LogP contribution in [0.3, 0.4) is 0 Å². The molecule has 2 N–H and O–H groups in total. The summed E-state index contributed by atoms with van der Waals surface area (Å²) in [4.78, 5) is 24.5. The Balaban J connectivity index is 2.02. The molecule has 1 fully saturated rings. The lowest BCUT2D eigenvalue weighted by Crippen LogP contribution is -2.51. The smallest absolute Gasteiger partial charge is 0.246 e. The van der Waals surface area contributed by atoms with Crippen molar-refractivity contribution in [2.24, 2.45) is 0 Å².